The molecule has 2 N–H and O–H groups in total. The summed E-state index contributed by atoms with van der Waals surface area (Å²) in [5.74, 6) is 1.70. The fourth-order valence-corrected chi connectivity index (χ4v) is 3.06. The summed E-state index contributed by atoms with van der Waals surface area (Å²) in [4.78, 5) is 8.28. The number of anilines is 1. The van der Waals surface area contributed by atoms with Crippen LogP contribution in [-0.2, 0) is 0 Å². The summed E-state index contributed by atoms with van der Waals surface area (Å²) in [5, 5.41) is 2.91. The predicted octanol–water partition coefficient (Wildman–Crippen LogP) is 6.07. The van der Waals surface area contributed by atoms with Crippen molar-refractivity contribution in [3.8, 4) is 23.3 Å². The molecular weight excluding hydrogens is 374 g/mol. The third kappa shape index (κ3) is 3.57. The second kappa shape index (κ2) is 7.37. The molecule has 4 aromatic rings. The second-order valence-electron chi connectivity index (χ2n) is 6.48. The van der Waals surface area contributed by atoms with Gasteiger partial charge >= 0.3 is 0 Å². The first-order chi connectivity index (χ1) is 13.5. The number of aromatic nitrogens is 2. The van der Waals surface area contributed by atoms with Crippen molar-refractivity contribution in [3.63, 3.8) is 0 Å². The quantitative estimate of drug-likeness (QED) is 0.457. The van der Waals surface area contributed by atoms with Crippen LogP contribution in [-0.4, -0.2) is 9.97 Å². The molecule has 3 aromatic carbocycles. The van der Waals surface area contributed by atoms with Crippen LogP contribution in [0.5, 0.6) is 23.3 Å². The number of nitrogens with two attached hydrogens (primary N) is 1. The Morgan fingerprint density at radius 2 is 1.39 bits per heavy atom. The van der Waals surface area contributed by atoms with Gasteiger partial charge < -0.3 is 15.2 Å². The van der Waals surface area contributed by atoms with Crippen LogP contribution < -0.4 is 15.2 Å². The molecule has 0 atom stereocenters. The van der Waals surface area contributed by atoms with Crippen LogP contribution in [0.2, 0.25) is 5.02 Å². The Balaban J connectivity index is 1.62. The number of rotatable bonds is 4. The maximum absolute atomic E-state index is 6.21. The van der Waals surface area contributed by atoms with Gasteiger partial charge in [-0.3, -0.25) is 0 Å². The molecule has 0 bridgehead atoms. The molecule has 5 nitrogen and oxygen atoms in total. The van der Waals surface area contributed by atoms with E-state index >= 15 is 0 Å². The Morgan fingerprint density at radius 1 is 0.786 bits per heavy atom. The topological polar surface area (TPSA) is 70.3 Å². The molecule has 0 unspecified atom stereocenters. The summed E-state index contributed by atoms with van der Waals surface area (Å²) in [6.45, 7) is 3.83. The van der Waals surface area contributed by atoms with Crippen LogP contribution in [0.4, 0.5) is 5.69 Å². The van der Waals surface area contributed by atoms with E-state index in [0.717, 1.165) is 21.9 Å². The summed E-state index contributed by atoms with van der Waals surface area (Å²) in [6.07, 6.45) is 1.36. The number of benzene rings is 3. The number of hydrogen-bond donors (Lipinski definition) is 1. The summed E-state index contributed by atoms with van der Waals surface area (Å²) in [6, 6.07) is 17.5. The minimum absolute atomic E-state index is 0.223. The van der Waals surface area contributed by atoms with Crippen molar-refractivity contribution in [1.82, 2.24) is 9.97 Å². The minimum Gasteiger partial charge on any atom is -0.437 e. The van der Waals surface area contributed by atoms with Gasteiger partial charge in [0.15, 0.2) is 5.69 Å². The smallest absolute Gasteiger partial charge is 0.249 e. The molecule has 28 heavy (non-hydrogen) atoms. The van der Waals surface area contributed by atoms with Crippen molar-refractivity contribution in [2.75, 3.05) is 5.73 Å². The SMILES string of the molecule is Cc1cc(Oc2ncnc(Oc3ccc4ccccc4c3)c2N)cc(C)c1Cl. The van der Waals surface area contributed by atoms with E-state index in [0.29, 0.717) is 16.5 Å². The van der Waals surface area contributed by atoms with Gasteiger partial charge in [-0.05, 0) is 60.0 Å². The highest BCUT2D eigenvalue weighted by Crippen LogP contribution is 2.35. The summed E-state index contributed by atoms with van der Waals surface area (Å²) < 4.78 is 11.7. The maximum atomic E-state index is 6.21. The fraction of sp³-hybridized carbons (Fsp3) is 0.0909. The maximum Gasteiger partial charge on any atom is 0.249 e. The van der Waals surface area contributed by atoms with E-state index in [2.05, 4.69) is 9.97 Å². The number of ether oxygens (including phenoxy) is 2. The van der Waals surface area contributed by atoms with Crippen LogP contribution in [0.25, 0.3) is 10.8 Å². The van der Waals surface area contributed by atoms with Crippen molar-refractivity contribution in [2.45, 2.75) is 13.8 Å². The molecule has 0 amide bonds. The first kappa shape index (κ1) is 18.1. The first-order valence-electron chi connectivity index (χ1n) is 8.73. The molecule has 0 saturated heterocycles. The van der Waals surface area contributed by atoms with Crippen LogP contribution in [0.15, 0.2) is 60.9 Å². The molecule has 0 radical (unpaired) electrons. The molecule has 0 aliphatic carbocycles. The zero-order chi connectivity index (χ0) is 19.7. The average Bonchev–Trinajstić information content (AvgIpc) is 2.69. The summed E-state index contributed by atoms with van der Waals surface area (Å²) >= 11 is 6.21. The van der Waals surface area contributed by atoms with E-state index in [1.807, 2.05) is 68.4 Å². The van der Waals surface area contributed by atoms with Crippen LogP contribution in [0, 0.1) is 13.8 Å². The molecule has 1 aromatic heterocycles. The van der Waals surface area contributed by atoms with Gasteiger partial charge in [0.1, 0.15) is 17.8 Å². The van der Waals surface area contributed by atoms with Crippen molar-refractivity contribution in [2.24, 2.45) is 0 Å². The van der Waals surface area contributed by atoms with Crippen molar-refractivity contribution < 1.29 is 9.47 Å². The molecule has 0 aliphatic rings. The predicted molar refractivity (Wildman–Crippen MR) is 111 cm³/mol. The van der Waals surface area contributed by atoms with Gasteiger partial charge in [0.25, 0.3) is 0 Å². The number of hydrogen-bond acceptors (Lipinski definition) is 5. The van der Waals surface area contributed by atoms with Crippen molar-refractivity contribution in [1.29, 1.82) is 0 Å². The Bertz CT molecular complexity index is 1150. The lowest BCUT2D eigenvalue weighted by Crippen LogP contribution is -2.01. The Morgan fingerprint density at radius 3 is 2.07 bits per heavy atom. The van der Waals surface area contributed by atoms with E-state index < -0.39 is 0 Å². The van der Waals surface area contributed by atoms with E-state index in [1.165, 1.54) is 6.33 Å². The summed E-state index contributed by atoms with van der Waals surface area (Å²) in [5.41, 5.74) is 8.25. The molecule has 6 heteroatoms. The van der Waals surface area contributed by atoms with Gasteiger partial charge in [0.2, 0.25) is 11.8 Å². The van der Waals surface area contributed by atoms with E-state index in [4.69, 9.17) is 26.8 Å². The molecule has 0 saturated carbocycles. The molecule has 0 spiro atoms. The normalized spacial score (nSPS) is 10.8. The minimum atomic E-state index is 0.223. The van der Waals surface area contributed by atoms with Gasteiger partial charge in [-0.2, -0.15) is 9.97 Å². The Labute approximate surface area is 167 Å². The van der Waals surface area contributed by atoms with Crippen LogP contribution in [0.3, 0.4) is 0 Å². The van der Waals surface area contributed by atoms with Crippen molar-refractivity contribution in [3.05, 3.63) is 77.1 Å². The second-order valence-corrected chi connectivity index (χ2v) is 6.86. The zero-order valence-corrected chi connectivity index (χ0v) is 16.2. The monoisotopic (exact) mass is 391 g/mol. The highest BCUT2D eigenvalue weighted by molar-refractivity contribution is 6.32. The van der Waals surface area contributed by atoms with Gasteiger partial charge in [-0.15, -0.1) is 0 Å². The average molecular weight is 392 g/mol. The standard InChI is InChI=1S/C22H18ClN3O2/c1-13-9-18(10-14(2)19(13)23)28-22-20(24)21(25-12-26-22)27-17-8-7-15-5-3-4-6-16(15)11-17/h3-12H,24H2,1-2H3. The molecule has 0 fully saturated rings. The van der Waals surface area contributed by atoms with E-state index in [9.17, 15) is 0 Å². The van der Waals surface area contributed by atoms with Gasteiger partial charge in [0.05, 0.1) is 0 Å². The molecule has 4 rings (SSSR count). The highest BCUT2D eigenvalue weighted by atomic mass is 35.5. The van der Waals surface area contributed by atoms with Crippen molar-refractivity contribution >= 4 is 28.1 Å². The van der Waals surface area contributed by atoms with Gasteiger partial charge in [0, 0.05) is 5.02 Å². The number of nitrogens with zero attached hydrogens (tertiary/aromatic N) is 2. The fourth-order valence-electron chi connectivity index (χ4n) is 2.95. The van der Waals surface area contributed by atoms with E-state index in [1.54, 1.807) is 0 Å². The molecule has 140 valence electrons. The van der Waals surface area contributed by atoms with Crippen LogP contribution >= 0.6 is 11.6 Å². The third-order valence-corrected chi connectivity index (χ3v) is 4.97. The lowest BCUT2D eigenvalue weighted by molar-refractivity contribution is 0.438. The lowest BCUT2D eigenvalue weighted by atomic mass is 10.1. The largest absolute Gasteiger partial charge is 0.437 e. The zero-order valence-electron chi connectivity index (χ0n) is 15.4. The molecule has 1 heterocycles. The third-order valence-electron chi connectivity index (χ3n) is 4.37. The summed E-state index contributed by atoms with van der Waals surface area (Å²) in [7, 11) is 0. The Kier molecular flexibility index (Phi) is 4.75. The van der Waals surface area contributed by atoms with Gasteiger partial charge in [-0.25, -0.2) is 0 Å². The first-order valence-corrected chi connectivity index (χ1v) is 9.11. The number of fused-ring (bicyclic) bond motifs is 1. The number of halogens is 1. The molecule has 0 aliphatic heterocycles. The highest BCUT2D eigenvalue weighted by Gasteiger charge is 2.14. The Hall–Kier alpha value is -3.31. The lowest BCUT2D eigenvalue weighted by Gasteiger charge is -2.12. The molecular formula is C22H18ClN3O2. The van der Waals surface area contributed by atoms with Crippen LogP contribution in [0.1, 0.15) is 11.1 Å². The van der Waals surface area contributed by atoms with Gasteiger partial charge in [-0.1, -0.05) is 41.9 Å². The number of aryl methyl sites for hydroxylation is 2. The van der Waals surface area contributed by atoms with E-state index in [-0.39, 0.29) is 17.4 Å². The number of nitrogen functional groups attached to an aromatic ring is 1.